The molecule has 1 aromatic carbocycles. The fourth-order valence-electron chi connectivity index (χ4n) is 1.77. The quantitative estimate of drug-likeness (QED) is 0.890. The maximum Gasteiger partial charge on any atom is 0.255 e. The van der Waals surface area contributed by atoms with Crippen molar-refractivity contribution in [1.29, 1.82) is 0 Å². The summed E-state index contributed by atoms with van der Waals surface area (Å²) in [7, 11) is 1.77. The predicted octanol–water partition coefficient (Wildman–Crippen LogP) is 1.60. The highest BCUT2D eigenvalue weighted by molar-refractivity contribution is 7.11. The molecule has 5 nitrogen and oxygen atoms in total. The zero-order chi connectivity index (χ0) is 14.0. The predicted molar refractivity (Wildman–Crippen MR) is 73.6 cm³/mol. The molecule has 0 bridgehead atoms. The Morgan fingerprint density at radius 1 is 1.53 bits per heavy atom. The van der Waals surface area contributed by atoms with Crippen LogP contribution in [0.15, 0.2) is 24.3 Å². The molecule has 4 N–H and O–H groups in total. The molecule has 1 aromatic heterocycles. The first kappa shape index (κ1) is 13.3. The molecule has 0 saturated heterocycles. The van der Waals surface area contributed by atoms with E-state index >= 15 is 0 Å². The van der Waals surface area contributed by atoms with E-state index in [1.807, 2.05) is 0 Å². The number of amides is 1. The number of rotatable bonds is 4. The normalized spacial score (nSPS) is 10.4. The van der Waals surface area contributed by atoms with E-state index in [2.05, 4.69) is 4.37 Å². The minimum atomic E-state index is -0.618. The Morgan fingerprint density at radius 3 is 2.89 bits per heavy atom. The fourth-order valence-corrected chi connectivity index (χ4v) is 2.54. The van der Waals surface area contributed by atoms with Crippen molar-refractivity contribution >= 4 is 28.3 Å². The Labute approximate surface area is 113 Å². The highest BCUT2D eigenvalue weighted by Gasteiger charge is 2.19. The molecule has 0 aliphatic heterocycles. The average Bonchev–Trinajstić information content (AvgIpc) is 2.71. The van der Waals surface area contributed by atoms with Gasteiger partial charge in [-0.05, 0) is 29.2 Å². The molecular formula is C12H13FN4OS. The zero-order valence-corrected chi connectivity index (χ0v) is 11.1. The third-order valence-corrected chi connectivity index (χ3v) is 3.58. The zero-order valence-electron chi connectivity index (χ0n) is 10.3. The van der Waals surface area contributed by atoms with E-state index in [1.165, 1.54) is 12.1 Å². The molecule has 1 amide bonds. The summed E-state index contributed by atoms with van der Waals surface area (Å²) in [5, 5.41) is 0.578. The van der Waals surface area contributed by atoms with Crippen molar-refractivity contribution in [2.75, 3.05) is 17.7 Å². The number of nitrogen functional groups attached to an aromatic ring is 1. The lowest BCUT2D eigenvalue weighted by Gasteiger charge is -2.17. The molecule has 0 radical (unpaired) electrons. The molecule has 1 heterocycles. The smallest absolute Gasteiger partial charge is 0.255 e. The second-order valence-electron chi connectivity index (χ2n) is 4.10. The van der Waals surface area contributed by atoms with Crippen molar-refractivity contribution in [3.8, 4) is 0 Å². The number of hydrogen-bond donors (Lipinski definition) is 2. The van der Waals surface area contributed by atoms with Gasteiger partial charge in [-0.25, -0.2) is 4.39 Å². The molecule has 0 aliphatic rings. The Bertz CT molecular complexity index is 614. The second-order valence-corrected chi connectivity index (χ2v) is 4.85. The Kier molecular flexibility index (Phi) is 3.66. The second kappa shape index (κ2) is 5.23. The first-order valence-electron chi connectivity index (χ1n) is 5.49. The van der Waals surface area contributed by atoms with Crippen LogP contribution >= 0.6 is 11.5 Å². The standard InChI is InChI=1S/C12H13FN4OS/c1-17(6-7-3-2-4-8(13)5-7)12-9(11(15)18)10(14)16-19-12/h2-5H,6H2,1H3,(H2,14,16)(H2,15,18). The van der Waals surface area contributed by atoms with Gasteiger partial charge in [-0.3, -0.25) is 4.79 Å². The van der Waals surface area contributed by atoms with Crippen LogP contribution in [0, 0.1) is 5.82 Å². The number of anilines is 2. The van der Waals surface area contributed by atoms with Gasteiger partial charge in [0.25, 0.3) is 5.91 Å². The molecule has 2 aromatic rings. The van der Waals surface area contributed by atoms with Gasteiger partial charge in [0.15, 0.2) is 5.82 Å². The van der Waals surface area contributed by atoms with E-state index in [1.54, 1.807) is 24.1 Å². The third kappa shape index (κ3) is 2.82. The van der Waals surface area contributed by atoms with Crippen LogP contribution < -0.4 is 16.4 Å². The van der Waals surface area contributed by atoms with Crippen molar-refractivity contribution in [2.45, 2.75) is 6.54 Å². The lowest BCUT2D eigenvalue weighted by atomic mass is 10.2. The highest BCUT2D eigenvalue weighted by atomic mass is 32.1. The largest absolute Gasteiger partial charge is 0.382 e. The fraction of sp³-hybridized carbons (Fsp3) is 0.167. The van der Waals surface area contributed by atoms with Gasteiger partial charge in [0.1, 0.15) is 16.4 Å². The van der Waals surface area contributed by atoms with E-state index in [4.69, 9.17) is 11.5 Å². The molecule has 19 heavy (non-hydrogen) atoms. The summed E-state index contributed by atoms with van der Waals surface area (Å²) in [6.07, 6.45) is 0. The minimum Gasteiger partial charge on any atom is -0.382 e. The Hall–Kier alpha value is -2.15. The molecule has 100 valence electrons. The maximum atomic E-state index is 13.1. The first-order valence-corrected chi connectivity index (χ1v) is 6.27. The van der Waals surface area contributed by atoms with Gasteiger partial charge in [-0.1, -0.05) is 12.1 Å². The van der Waals surface area contributed by atoms with E-state index < -0.39 is 5.91 Å². The molecular weight excluding hydrogens is 267 g/mol. The van der Waals surface area contributed by atoms with Gasteiger partial charge in [-0.2, -0.15) is 4.37 Å². The van der Waals surface area contributed by atoms with Crippen molar-refractivity contribution in [1.82, 2.24) is 4.37 Å². The molecule has 7 heteroatoms. The summed E-state index contributed by atoms with van der Waals surface area (Å²) in [5.41, 5.74) is 11.9. The van der Waals surface area contributed by atoms with Gasteiger partial charge in [0.05, 0.1) is 0 Å². The topological polar surface area (TPSA) is 85.2 Å². The molecule has 0 aliphatic carbocycles. The van der Waals surface area contributed by atoms with Crippen molar-refractivity contribution < 1.29 is 9.18 Å². The molecule has 0 spiro atoms. The first-order chi connectivity index (χ1) is 8.99. The number of aromatic nitrogens is 1. The third-order valence-electron chi connectivity index (χ3n) is 2.60. The summed E-state index contributed by atoms with van der Waals surface area (Å²) in [6, 6.07) is 6.25. The lowest BCUT2D eigenvalue weighted by molar-refractivity contribution is 0.100. The number of benzene rings is 1. The van der Waals surface area contributed by atoms with Crippen molar-refractivity contribution in [3.63, 3.8) is 0 Å². The molecule has 0 fully saturated rings. The number of halogens is 1. The number of carbonyl (C=O) groups excluding carboxylic acids is 1. The molecule has 0 atom stereocenters. The summed E-state index contributed by atoms with van der Waals surface area (Å²) < 4.78 is 17.0. The van der Waals surface area contributed by atoms with Gasteiger partial charge >= 0.3 is 0 Å². The summed E-state index contributed by atoms with van der Waals surface area (Å²) in [5.74, 6) is -0.796. The minimum absolute atomic E-state index is 0.124. The summed E-state index contributed by atoms with van der Waals surface area (Å²) >= 11 is 1.09. The van der Waals surface area contributed by atoms with E-state index in [9.17, 15) is 9.18 Å². The lowest BCUT2D eigenvalue weighted by Crippen LogP contribution is -2.21. The van der Waals surface area contributed by atoms with Crippen LogP contribution in [0.3, 0.4) is 0 Å². The van der Waals surface area contributed by atoms with Crippen LogP contribution in [0.4, 0.5) is 15.2 Å². The number of nitrogens with two attached hydrogens (primary N) is 2. The SMILES string of the molecule is CN(Cc1cccc(F)c1)c1snc(N)c1C(N)=O. The monoisotopic (exact) mass is 280 g/mol. The number of nitrogens with zero attached hydrogens (tertiary/aromatic N) is 2. The molecule has 0 unspecified atom stereocenters. The average molecular weight is 280 g/mol. The van der Waals surface area contributed by atoms with Gasteiger partial charge < -0.3 is 16.4 Å². The van der Waals surface area contributed by atoms with Crippen molar-refractivity contribution in [3.05, 3.63) is 41.2 Å². The number of hydrogen-bond acceptors (Lipinski definition) is 5. The molecule has 2 rings (SSSR count). The maximum absolute atomic E-state index is 13.1. The summed E-state index contributed by atoms with van der Waals surface area (Å²) in [4.78, 5) is 13.1. The van der Waals surface area contributed by atoms with E-state index in [0.717, 1.165) is 17.1 Å². The van der Waals surface area contributed by atoms with E-state index in [0.29, 0.717) is 11.5 Å². The van der Waals surface area contributed by atoms with Crippen LogP contribution in [0.2, 0.25) is 0 Å². The van der Waals surface area contributed by atoms with Crippen LogP contribution in [0.5, 0.6) is 0 Å². The highest BCUT2D eigenvalue weighted by Crippen LogP contribution is 2.30. The van der Waals surface area contributed by atoms with Gasteiger partial charge in [-0.15, -0.1) is 0 Å². The van der Waals surface area contributed by atoms with E-state index in [-0.39, 0.29) is 17.2 Å². The van der Waals surface area contributed by atoms with Crippen LogP contribution in [0.1, 0.15) is 15.9 Å². The van der Waals surface area contributed by atoms with Gasteiger partial charge in [0.2, 0.25) is 0 Å². The van der Waals surface area contributed by atoms with Crippen LogP contribution in [-0.4, -0.2) is 17.3 Å². The Balaban J connectivity index is 2.25. The number of carbonyl (C=O) groups is 1. The van der Waals surface area contributed by atoms with Crippen LogP contribution in [-0.2, 0) is 6.54 Å². The van der Waals surface area contributed by atoms with Crippen molar-refractivity contribution in [2.24, 2.45) is 5.73 Å². The van der Waals surface area contributed by atoms with Gasteiger partial charge in [0, 0.05) is 13.6 Å². The number of primary amides is 1. The molecule has 0 saturated carbocycles. The Morgan fingerprint density at radius 2 is 2.26 bits per heavy atom. The summed E-state index contributed by atoms with van der Waals surface area (Å²) in [6.45, 7) is 0.430. The van der Waals surface area contributed by atoms with Crippen LogP contribution in [0.25, 0.3) is 0 Å².